The van der Waals surface area contributed by atoms with E-state index in [4.69, 9.17) is 0 Å². The first-order valence-electron chi connectivity index (χ1n) is 7.77. The number of amides is 1. The van der Waals surface area contributed by atoms with Crippen molar-refractivity contribution in [3.63, 3.8) is 0 Å². The molecule has 1 aromatic rings. The van der Waals surface area contributed by atoms with E-state index in [0.29, 0.717) is 18.4 Å². The van der Waals surface area contributed by atoms with Gasteiger partial charge >= 0.3 is 0 Å². The lowest BCUT2D eigenvalue weighted by Crippen LogP contribution is -2.44. The molecule has 0 aliphatic heterocycles. The number of aryl methyl sites for hydroxylation is 1. The van der Waals surface area contributed by atoms with Gasteiger partial charge in [0.05, 0.1) is 0 Å². The van der Waals surface area contributed by atoms with Gasteiger partial charge in [-0.25, -0.2) is 0 Å². The molecule has 1 atom stereocenters. The average Bonchev–Trinajstić information content (AvgIpc) is 2.49. The van der Waals surface area contributed by atoms with Crippen molar-refractivity contribution in [1.29, 1.82) is 0 Å². The molecule has 1 aliphatic rings. The molecule has 0 saturated heterocycles. The molecule has 21 heavy (non-hydrogen) atoms. The van der Waals surface area contributed by atoms with E-state index in [2.05, 4.69) is 41.4 Å². The summed E-state index contributed by atoms with van der Waals surface area (Å²) in [5.41, 5.74) is 2.88. The zero-order valence-corrected chi connectivity index (χ0v) is 13.9. The molecule has 0 spiro atoms. The Bertz CT molecular complexity index is 450. The topological polar surface area (TPSA) is 32.3 Å². The van der Waals surface area contributed by atoms with E-state index in [1.807, 2.05) is 7.05 Å². The van der Waals surface area contributed by atoms with Crippen LogP contribution in [0.2, 0.25) is 0 Å². The van der Waals surface area contributed by atoms with Crippen LogP contribution in [-0.2, 0) is 17.6 Å². The normalized spacial score (nSPS) is 16.8. The Hall–Kier alpha value is -1.06. The third-order valence-corrected chi connectivity index (χ3v) is 4.14. The van der Waals surface area contributed by atoms with Crippen LogP contribution < -0.4 is 5.32 Å². The number of hydrogen-bond donors (Lipinski definition) is 1. The summed E-state index contributed by atoms with van der Waals surface area (Å²) in [5, 5.41) is 3.07. The van der Waals surface area contributed by atoms with Crippen LogP contribution in [0.3, 0.4) is 0 Å². The van der Waals surface area contributed by atoms with Crippen LogP contribution in [0.1, 0.15) is 37.3 Å². The molecular weight excluding hydrogens is 284 g/mol. The maximum Gasteiger partial charge on any atom is 0.224 e. The van der Waals surface area contributed by atoms with E-state index < -0.39 is 0 Å². The van der Waals surface area contributed by atoms with E-state index in [0.717, 1.165) is 38.8 Å². The van der Waals surface area contributed by atoms with Crippen molar-refractivity contribution in [2.24, 2.45) is 0 Å². The molecule has 0 aromatic heterocycles. The monoisotopic (exact) mass is 310 g/mol. The standard InChI is InChI=1S/C17H26N2O.ClH/c1-3-12-19(17(20)10-11-18-2)16-9-8-14-6-4-5-7-15(14)13-16;/h4-7,16,18H,3,8-13H2,1-2H3;1H. The minimum Gasteiger partial charge on any atom is -0.339 e. The summed E-state index contributed by atoms with van der Waals surface area (Å²) in [7, 11) is 1.90. The van der Waals surface area contributed by atoms with Gasteiger partial charge in [-0.3, -0.25) is 4.79 Å². The number of rotatable bonds is 6. The third-order valence-electron chi connectivity index (χ3n) is 4.14. The molecule has 1 N–H and O–H groups in total. The summed E-state index contributed by atoms with van der Waals surface area (Å²) in [4.78, 5) is 14.5. The summed E-state index contributed by atoms with van der Waals surface area (Å²) >= 11 is 0. The zero-order valence-electron chi connectivity index (χ0n) is 13.1. The summed E-state index contributed by atoms with van der Waals surface area (Å²) in [6.07, 6.45) is 4.85. The van der Waals surface area contributed by atoms with E-state index >= 15 is 0 Å². The van der Waals surface area contributed by atoms with Crippen LogP contribution in [0, 0.1) is 0 Å². The van der Waals surface area contributed by atoms with Gasteiger partial charge in [0.25, 0.3) is 0 Å². The fourth-order valence-corrected chi connectivity index (χ4v) is 3.07. The molecule has 0 fully saturated rings. The minimum absolute atomic E-state index is 0. The van der Waals surface area contributed by atoms with Crippen molar-refractivity contribution < 1.29 is 4.79 Å². The second-order valence-electron chi connectivity index (χ2n) is 5.61. The number of carbonyl (C=O) groups is 1. The average molecular weight is 311 g/mol. The van der Waals surface area contributed by atoms with Gasteiger partial charge in [0.15, 0.2) is 0 Å². The first-order valence-corrected chi connectivity index (χ1v) is 7.77. The molecule has 4 heteroatoms. The SMILES string of the molecule is CCCN(C(=O)CCNC)C1CCc2ccccc2C1.Cl. The van der Waals surface area contributed by atoms with Gasteiger partial charge in [0, 0.05) is 25.6 Å². The fraction of sp³-hybridized carbons (Fsp3) is 0.588. The van der Waals surface area contributed by atoms with Crippen LogP contribution in [-0.4, -0.2) is 37.0 Å². The smallest absolute Gasteiger partial charge is 0.224 e. The second-order valence-corrected chi connectivity index (χ2v) is 5.61. The molecule has 1 aromatic carbocycles. The number of hydrogen-bond acceptors (Lipinski definition) is 2. The largest absolute Gasteiger partial charge is 0.339 e. The summed E-state index contributed by atoms with van der Waals surface area (Å²) in [6.45, 7) is 3.80. The number of fused-ring (bicyclic) bond motifs is 1. The summed E-state index contributed by atoms with van der Waals surface area (Å²) in [5.74, 6) is 0.297. The second kappa shape index (κ2) is 9.06. The minimum atomic E-state index is 0. The predicted octanol–water partition coefficient (Wildman–Crippen LogP) is 2.81. The molecule has 1 aliphatic carbocycles. The molecule has 0 bridgehead atoms. The number of nitrogens with one attached hydrogen (secondary N) is 1. The molecule has 0 radical (unpaired) electrons. The molecule has 2 rings (SSSR count). The van der Waals surface area contributed by atoms with E-state index in [9.17, 15) is 4.79 Å². The van der Waals surface area contributed by atoms with Crippen LogP contribution in [0.4, 0.5) is 0 Å². The quantitative estimate of drug-likeness (QED) is 0.876. The molecule has 0 heterocycles. The van der Waals surface area contributed by atoms with Gasteiger partial charge in [-0.1, -0.05) is 31.2 Å². The maximum absolute atomic E-state index is 12.4. The van der Waals surface area contributed by atoms with Crippen molar-refractivity contribution in [2.45, 2.75) is 45.1 Å². The number of carbonyl (C=O) groups excluding carboxylic acids is 1. The highest BCUT2D eigenvalue weighted by atomic mass is 35.5. The fourth-order valence-electron chi connectivity index (χ4n) is 3.07. The maximum atomic E-state index is 12.4. The van der Waals surface area contributed by atoms with Crippen LogP contribution in [0.5, 0.6) is 0 Å². The number of nitrogens with zero attached hydrogens (tertiary/aromatic N) is 1. The van der Waals surface area contributed by atoms with Gasteiger partial charge in [-0.15, -0.1) is 12.4 Å². The van der Waals surface area contributed by atoms with Crippen molar-refractivity contribution >= 4 is 18.3 Å². The molecule has 0 saturated carbocycles. The molecule has 1 amide bonds. The lowest BCUT2D eigenvalue weighted by molar-refractivity contribution is -0.133. The summed E-state index contributed by atoms with van der Waals surface area (Å²) in [6, 6.07) is 9.03. The Labute approximate surface area is 134 Å². The van der Waals surface area contributed by atoms with E-state index in [-0.39, 0.29) is 12.4 Å². The van der Waals surface area contributed by atoms with Gasteiger partial charge in [0.1, 0.15) is 0 Å². The van der Waals surface area contributed by atoms with Gasteiger partial charge < -0.3 is 10.2 Å². The zero-order chi connectivity index (χ0) is 14.4. The van der Waals surface area contributed by atoms with Gasteiger partial charge in [-0.05, 0) is 43.9 Å². The Balaban J connectivity index is 0.00000220. The molecule has 1 unspecified atom stereocenters. The van der Waals surface area contributed by atoms with Crippen LogP contribution >= 0.6 is 12.4 Å². The Morgan fingerprint density at radius 1 is 1.33 bits per heavy atom. The molecule has 118 valence electrons. The van der Waals surface area contributed by atoms with Crippen molar-refractivity contribution in [1.82, 2.24) is 10.2 Å². The number of halogens is 1. The van der Waals surface area contributed by atoms with Crippen molar-refractivity contribution in [2.75, 3.05) is 20.1 Å². The Morgan fingerprint density at radius 2 is 2.05 bits per heavy atom. The van der Waals surface area contributed by atoms with Crippen LogP contribution in [0.15, 0.2) is 24.3 Å². The lowest BCUT2D eigenvalue weighted by atomic mass is 9.87. The lowest BCUT2D eigenvalue weighted by Gasteiger charge is -2.35. The van der Waals surface area contributed by atoms with Crippen molar-refractivity contribution in [3.05, 3.63) is 35.4 Å². The Kier molecular flexibility index (Phi) is 7.76. The first kappa shape index (κ1) is 18.0. The van der Waals surface area contributed by atoms with Crippen molar-refractivity contribution in [3.8, 4) is 0 Å². The van der Waals surface area contributed by atoms with Crippen LogP contribution in [0.25, 0.3) is 0 Å². The predicted molar refractivity (Wildman–Crippen MR) is 90.1 cm³/mol. The summed E-state index contributed by atoms with van der Waals surface area (Å²) < 4.78 is 0. The number of benzene rings is 1. The van der Waals surface area contributed by atoms with E-state index in [1.165, 1.54) is 11.1 Å². The Morgan fingerprint density at radius 3 is 2.71 bits per heavy atom. The highest BCUT2D eigenvalue weighted by Gasteiger charge is 2.26. The first-order chi connectivity index (χ1) is 9.76. The molecule has 3 nitrogen and oxygen atoms in total. The third kappa shape index (κ3) is 4.72. The highest BCUT2D eigenvalue weighted by Crippen LogP contribution is 2.25. The van der Waals surface area contributed by atoms with Gasteiger partial charge in [-0.2, -0.15) is 0 Å². The van der Waals surface area contributed by atoms with E-state index in [1.54, 1.807) is 0 Å². The van der Waals surface area contributed by atoms with Gasteiger partial charge in [0.2, 0.25) is 5.91 Å². The molecular formula is C17H27ClN2O. The highest BCUT2D eigenvalue weighted by molar-refractivity contribution is 5.85.